The molecule has 29 atom stereocenters. The van der Waals surface area contributed by atoms with Crippen molar-refractivity contribution in [1.29, 1.82) is 0 Å². The van der Waals surface area contributed by atoms with E-state index in [0.717, 1.165) is 24.8 Å². The molecule has 4 aliphatic carbocycles. The first-order chi connectivity index (χ1) is 35.3. The van der Waals surface area contributed by atoms with Crippen molar-refractivity contribution < 1.29 is 114 Å². The topological polar surface area (TPSA) is 377 Å². The molecule has 0 aromatic heterocycles. The van der Waals surface area contributed by atoms with Crippen LogP contribution >= 0.6 is 0 Å². The highest BCUT2D eigenvalue weighted by atomic mass is 16.8. The Kier molecular flexibility index (Phi) is 18.7. The highest BCUT2D eigenvalue weighted by Gasteiger charge is 2.70. The molecule has 10 unspecified atom stereocenters. The van der Waals surface area contributed by atoms with E-state index >= 15 is 0 Å². The van der Waals surface area contributed by atoms with E-state index in [4.69, 9.17) is 37.9 Å². The van der Waals surface area contributed by atoms with Gasteiger partial charge in [-0.1, -0.05) is 39.3 Å². The van der Waals surface area contributed by atoms with E-state index in [0.29, 0.717) is 38.5 Å². The van der Waals surface area contributed by atoms with Crippen molar-refractivity contribution in [1.82, 2.24) is 0 Å². The van der Waals surface area contributed by atoms with E-state index in [1.807, 2.05) is 19.9 Å². The fourth-order valence-electron chi connectivity index (χ4n) is 15.3. The summed E-state index contributed by atoms with van der Waals surface area (Å²) in [5, 5.41) is 161. The predicted octanol–water partition coefficient (Wildman–Crippen LogP) is -2.98. The third kappa shape index (κ3) is 10.9. The zero-order valence-corrected chi connectivity index (χ0v) is 44.0. The van der Waals surface area contributed by atoms with Crippen molar-refractivity contribution in [3.05, 3.63) is 11.6 Å². The zero-order valence-electron chi connectivity index (χ0n) is 44.0. The predicted molar refractivity (Wildman–Crippen MR) is 257 cm³/mol. The molecule has 8 rings (SSSR count). The number of ether oxygens (including phenoxy) is 8. The molecule has 0 bridgehead atoms. The molecule has 23 nitrogen and oxygen atoms in total. The van der Waals surface area contributed by atoms with Gasteiger partial charge in [-0.05, 0) is 117 Å². The minimum atomic E-state index is -1.81. The van der Waals surface area contributed by atoms with Gasteiger partial charge in [-0.3, -0.25) is 0 Å². The lowest BCUT2D eigenvalue weighted by atomic mass is 9.39. The molecule has 0 aromatic carbocycles. The molecule has 0 radical (unpaired) electrons. The summed E-state index contributed by atoms with van der Waals surface area (Å²) in [5.41, 5.74) is -1.59. The summed E-state index contributed by atoms with van der Waals surface area (Å²) >= 11 is 0. The summed E-state index contributed by atoms with van der Waals surface area (Å²) in [4.78, 5) is 0. The van der Waals surface area contributed by atoms with Crippen molar-refractivity contribution in [2.24, 2.45) is 45.8 Å². The average Bonchev–Trinajstić information content (AvgIpc) is 3.79. The van der Waals surface area contributed by atoms with Crippen LogP contribution in [0.15, 0.2) is 11.6 Å². The first kappa shape index (κ1) is 59.9. The molecule has 4 heterocycles. The van der Waals surface area contributed by atoms with Crippen LogP contribution in [-0.2, 0) is 37.9 Å². The SMILES string of the molecule is C/C(=C\CCC(C)(O[C@@H]1O[C@H](CO[C@H]2OC[C@@H](O)[C@H](O)[C@H]2O)[C@@H](O)[C@H](O)[C@H]1O)C1CCC2(C)C1C(O)CC1C3CCC(O[C@@H]4O[C@H](CO)[C@@H](O)[C@H](O)[C@H]4O[C@@H]4O[C@H](CO)[C@@H](O)[C@H](O)[C@H]4O)C(C)(C)C3CCC12C)CO. The first-order valence-electron chi connectivity index (χ1n) is 27.1. The Morgan fingerprint density at radius 3 is 1.84 bits per heavy atom. The molecule has 4 aliphatic heterocycles. The van der Waals surface area contributed by atoms with Crippen LogP contribution < -0.4 is 0 Å². The van der Waals surface area contributed by atoms with Gasteiger partial charge in [0, 0.05) is 0 Å². The summed E-state index contributed by atoms with van der Waals surface area (Å²) in [6, 6.07) is 0. The van der Waals surface area contributed by atoms with Crippen molar-refractivity contribution in [2.75, 3.05) is 33.0 Å². The second-order valence-electron chi connectivity index (χ2n) is 24.5. The van der Waals surface area contributed by atoms with Crippen LogP contribution in [0.3, 0.4) is 0 Å². The maximum Gasteiger partial charge on any atom is 0.187 e. The molecular formula is C52H88O23. The van der Waals surface area contributed by atoms with Gasteiger partial charge in [-0.25, -0.2) is 0 Å². The molecule has 434 valence electrons. The fourth-order valence-corrected chi connectivity index (χ4v) is 15.3. The molecule has 8 aliphatic rings. The molecular weight excluding hydrogens is 993 g/mol. The molecule has 15 N–H and O–H groups in total. The lowest BCUT2D eigenvalue weighted by Crippen LogP contribution is -2.66. The number of fused-ring (bicyclic) bond motifs is 5. The second-order valence-corrected chi connectivity index (χ2v) is 24.5. The van der Waals surface area contributed by atoms with Crippen LogP contribution in [0.4, 0.5) is 0 Å². The minimum absolute atomic E-state index is 0.0784. The van der Waals surface area contributed by atoms with Crippen LogP contribution in [0.2, 0.25) is 0 Å². The Hall–Kier alpha value is -1.18. The summed E-state index contributed by atoms with van der Waals surface area (Å²) < 4.78 is 48.5. The Morgan fingerprint density at radius 2 is 1.19 bits per heavy atom. The minimum Gasteiger partial charge on any atom is -0.394 e. The average molecular weight is 1080 g/mol. The van der Waals surface area contributed by atoms with Gasteiger partial charge in [-0.15, -0.1) is 0 Å². The molecule has 75 heavy (non-hydrogen) atoms. The summed E-state index contributed by atoms with van der Waals surface area (Å²) in [5.74, 6) is -0.274. The lowest BCUT2D eigenvalue weighted by molar-refractivity contribution is -0.377. The third-order valence-corrected chi connectivity index (χ3v) is 20.1. The van der Waals surface area contributed by atoms with Crippen LogP contribution in [0, 0.1) is 45.8 Å². The maximum absolute atomic E-state index is 12.7. The molecule has 0 aromatic rings. The summed E-state index contributed by atoms with van der Waals surface area (Å²) in [6.45, 7) is 10.3. The molecule has 23 heteroatoms. The normalized spacial score (nSPS) is 52.1. The van der Waals surface area contributed by atoms with E-state index in [-0.39, 0.29) is 48.2 Å². The lowest BCUT2D eigenvalue weighted by Gasteiger charge is -2.67. The van der Waals surface area contributed by atoms with Gasteiger partial charge < -0.3 is 114 Å². The van der Waals surface area contributed by atoms with E-state index < -0.39 is 165 Å². The second kappa shape index (κ2) is 23.4. The number of aliphatic hydroxyl groups is 15. The number of hydrogen-bond donors (Lipinski definition) is 15. The highest BCUT2D eigenvalue weighted by molar-refractivity contribution is 5.18. The first-order valence-corrected chi connectivity index (χ1v) is 27.1. The van der Waals surface area contributed by atoms with Crippen LogP contribution in [0.5, 0.6) is 0 Å². The Bertz CT molecular complexity index is 1910. The number of rotatable bonds is 16. The number of aliphatic hydroxyl groups excluding tert-OH is 15. The van der Waals surface area contributed by atoms with Crippen molar-refractivity contribution in [3.63, 3.8) is 0 Å². The standard InChI is InChI=1S/C52H88O23/c1-22(17-53)8-7-13-52(6,75-47-43(67)39(63)37(61)31(72-47)21-69-45-41(65)34(58)28(57)20-68-45)25-12-15-51(5)33(25)27(56)16-26-23-9-10-32(49(2,3)24(23)11-14-50(26,51)4)73-48-44(40(64)36(60)30(19-55)71-48)74-46-42(66)38(62)35(59)29(18-54)70-46/h8,23-48,53-67H,7,9-21H2,1-6H3/b22-8+/t23?,24?,25?,26?,27?,28-,29-,30-,31-,32?,33?,34+,35-,36-,37-,38+,39+,40+,41-,42-,43-,44-,45-,46+,47+,48+,50?,51?,52?/m1/s1. The molecule has 8 fully saturated rings. The fraction of sp³-hybridized carbons (Fsp3) is 0.962. The molecule has 0 amide bonds. The van der Waals surface area contributed by atoms with E-state index in [1.165, 1.54) is 0 Å². The summed E-state index contributed by atoms with van der Waals surface area (Å²) in [6.07, 6.45) is -23.4. The largest absolute Gasteiger partial charge is 0.394 e. The van der Waals surface area contributed by atoms with Gasteiger partial charge >= 0.3 is 0 Å². The van der Waals surface area contributed by atoms with E-state index in [2.05, 4.69) is 27.7 Å². The quantitative estimate of drug-likeness (QED) is 0.0542. The van der Waals surface area contributed by atoms with Gasteiger partial charge in [-0.2, -0.15) is 0 Å². The smallest absolute Gasteiger partial charge is 0.187 e. The van der Waals surface area contributed by atoms with Crippen LogP contribution in [0.1, 0.15) is 99.3 Å². The van der Waals surface area contributed by atoms with E-state index in [9.17, 15) is 76.6 Å². The molecule has 4 saturated heterocycles. The third-order valence-electron chi connectivity index (χ3n) is 20.1. The Balaban J connectivity index is 0.999. The van der Waals surface area contributed by atoms with Gasteiger partial charge in [0.25, 0.3) is 0 Å². The summed E-state index contributed by atoms with van der Waals surface area (Å²) in [7, 11) is 0. The zero-order chi connectivity index (χ0) is 54.9. The molecule has 0 spiro atoms. The number of allylic oxidation sites excluding steroid dienone is 1. The Labute approximate surface area is 437 Å². The van der Waals surface area contributed by atoms with Crippen LogP contribution in [-0.4, -0.2) is 244 Å². The van der Waals surface area contributed by atoms with Gasteiger partial charge in [0.05, 0.1) is 50.8 Å². The van der Waals surface area contributed by atoms with Crippen molar-refractivity contribution in [2.45, 2.75) is 234 Å². The van der Waals surface area contributed by atoms with Crippen molar-refractivity contribution >= 4 is 0 Å². The molecule has 4 saturated carbocycles. The van der Waals surface area contributed by atoms with E-state index in [1.54, 1.807) is 0 Å². The highest BCUT2D eigenvalue weighted by Crippen LogP contribution is 2.73. The Morgan fingerprint density at radius 1 is 0.600 bits per heavy atom. The maximum atomic E-state index is 12.7. The van der Waals surface area contributed by atoms with Gasteiger partial charge in [0.2, 0.25) is 0 Å². The van der Waals surface area contributed by atoms with Crippen molar-refractivity contribution in [3.8, 4) is 0 Å². The van der Waals surface area contributed by atoms with Gasteiger partial charge in [0.15, 0.2) is 25.2 Å². The monoisotopic (exact) mass is 1080 g/mol. The van der Waals surface area contributed by atoms with Crippen LogP contribution in [0.25, 0.3) is 0 Å². The van der Waals surface area contributed by atoms with Gasteiger partial charge in [0.1, 0.15) is 91.6 Å². The number of hydrogen-bond acceptors (Lipinski definition) is 23.